The molecule has 0 saturated heterocycles. The van der Waals surface area contributed by atoms with E-state index in [2.05, 4.69) is 15.0 Å². The van der Waals surface area contributed by atoms with Crippen molar-refractivity contribution in [3.8, 4) is 11.4 Å². The smallest absolute Gasteiger partial charge is 0.161 e. The molecule has 3 aromatic heterocycles. The van der Waals surface area contributed by atoms with E-state index in [9.17, 15) is 0 Å². The molecule has 0 aliphatic heterocycles. The van der Waals surface area contributed by atoms with Crippen LogP contribution in [0.4, 0.5) is 0 Å². The number of hydrogen-bond donors (Lipinski definition) is 0. The van der Waals surface area contributed by atoms with Crippen LogP contribution >= 0.6 is 22.9 Å². The fraction of sp³-hybridized carbons (Fsp3) is 0. The molecule has 0 fully saturated rings. The molecule has 0 aliphatic rings. The normalized spacial score (nSPS) is 10.8. The third-order valence-corrected chi connectivity index (χ3v) is 3.50. The maximum absolute atomic E-state index is 6.10. The first-order valence-corrected chi connectivity index (χ1v) is 5.91. The van der Waals surface area contributed by atoms with Crippen LogP contribution in [0, 0.1) is 0 Å². The Bertz CT molecular complexity index is 636. The third-order valence-electron chi connectivity index (χ3n) is 2.20. The van der Waals surface area contributed by atoms with Gasteiger partial charge in [-0.25, -0.2) is 9.97 Å². The van der Waals surface area contributed by atoms with Gasteiger partial charge in [0.25, 0.3) is 0 Å². The number of aromatic nitrogens is 3. The lowest BCUT2D eigenvalue weighted by atomic mass is 10.2. The van der Waals surface area contributed by atoms with Crippen molar-refractivity contribution in [2.24, 2.45) is 0 Å². The van der Waals surface area contributed by atoms with Crippen LogP contribution in [0.3, 0.4) is 0 Å². The van der Waals surface area contributed by atoms with Crippen LogP contribution in [0.2, 0.25) is 5.15 Å². The Balaban J connectivity index is 2.25. The maximum atomic E-state index is 6.10. The van der Waals surface area contributed by atoms with E-state index in [0.717, 1.165) is 15.8 Å². The first-order valence-electron chi connectivity index (χ1n) is 4.66. The fourth-order valence-corrected chi connectivity index (χ4v) is 2.48. The molecule has 0 amide bonds. The van der Waals surface area contributed by atoms with Crippen molar-refractivity contribution in [1.82, 2.24) is 15.0 Å². The van der Waals surface area contributed by atoms with Gasteiger partial charge in [0, 0.05) is 18.0 Å². The van der Waals surface area contributed by atoms with Crippen LogP contribution in [0.15, 0.2) is 36.0 Å². The monoisotopic (exact) mass is 247 g/mol. The van der Waals surface area contributed by atoms with Gasteiger partial charge in [-0.15, -0.1) is 11.3 Å². The van der Waals surface area contributed by atoms with Crippen molar-refractivity contribution >= 4 is 33.2 Å². The highest BCUT2D eigenvalue weighted by Gasteiger charge is 2.08. The predicted octanol–water partition coefficient (Wildman–Crippen LogP) is 3.41. The molecule has 78 valence electrons. The topological polar surface area (TPSA) is 38.7 Å². The minimum absolute atomic E-state index is 0.506. The summed E-state index contributed by atoms with van der Waals surface area (Å²) in [6.45, 7) is 0. The molecule has 0 atom stereocenters. The molecule has 0 unspecified atom stereocenters. The molecule has 3 aromatic rings. The van der Waals surface area contributed by atoms with E-state index in [1.807, 2.05) is 23.6 Å². The standard InChI is InChI=1S/C11H6ClN3S/c12-10-9-8(3-6-16-9)14-11(15-10)7-1-4-13-5-2-7/h1-6H. The second-order valence-electron chi connectivity index (χ2n) is 3.21. The number of thiophene rings is 1. The van der Waals surface area contributed by atoms with Crippen molar-refractivity contribution in [1.29, 1.82) is 0 Å². The Labute approximate surface area is 101 Å². The van der Waals surface area contributed by atoms with E-state index in [1.54, 1.807) is 23.7 Å². The van der Waals surface area contributed by atoms with Gasteiger partial charge in [0.1, 0.15) is 0 Å². The van der Waals surface area contributed by atoms with Crippen LogP contribution in [-0.2, 0) is 0 Å². The summed E-state index contributed by atoms with van der Waals surface area (Å²) in [4.78, 5) is 12.7. The number of rotatable bonds is 1. The summed E-state index contributed by atoms with van der Waals surface area (Å²) in [5.74, 6) is 0.637. The molecule has 0 bridgehead atoms. The van der Waals surface area contributed by atoms with Crippen LogP contribution in [-0.4, -0.2) is 15.0 Å². The molecule has 3 heterocycles. The maximum Gasteiger partial charge on any atom is 0.161 e. The van der Waals surface area contributed by atoms with Gasteiger partial charge in [-0.05, 0) is 23.6 Å². The SMILES string of the molecule is Clc1nc(-c2ccncc2)nc2ccsc12. The largest absolute Gasteiger partial charge is 0.265 e. The zero-order chi connectivity index (χ0) is 11.0. The minimum atomic E-state index is 0.506. The molecule has 0 N–H and O–H groups in total. The van der Waals surface area contributed by atoms with E-state index < -0.39 is 0 Å². The second-order valence-corrected chi connectivity index (χ2v) is 4.48. The minimum Gasteiger partial charge on any atom is -0.265 e. The van der Waals surface area contributed by atoms with Gasteiger partial charge in [-0.3, -0.25) is 4.98 Å². The van der Waals surface area contributed by atoms with Gasteiger partial charge in [0.15, 0.2) is 11.0 Å². The third kappa shape index (κ3) is 1.56. The lowest BCUT2D eigenvalue weighted by Crippen LogP contribution is -1.89. The van der Waals surface area contributed by atoms with Gasteiger partial charge in [-0.2, -0.15) is 0 Å². The summed E-state index contributed by atoms with van der Waals surface area (Å²) in [6, 6.07) is 5.67. The number of fused-ring (bicyclic) bond motifs is 1. The Morgan fingerprint density at radius 3 is 2.69 bits per heavy atom. The van der Waals surface area contributed by atoms with Crippen LogP contribution < -0.4 is 0 Å². The second kappa shape index (κ2) is 3.81. The number of hydrogen-bond acceptors (Lipinski definition) is 4. The quantitative estimate of drug-likeness (QED) is 0.619. The van der Waals surface area contributed by atoms with E-state index in [0.29, 0.717) is 11.0 Å². The van der Waals surface area contributed by atoms with E-state index in [-0.39, 0.29) is 0 Å². The average Bonchev–Trinajstić information content (AvgIpc) is 2.79. The average molecular weight is 248 g/mol. The lowest BCUT2D eigenvalue weighted by Gasteiger charge is -2.00. The Morgan fingerprint density at radius 1 is 1.06 bits per heavy atom. The molecule has 5 heteroatoms. The molecular formula is C11H6ClN3S. The molecule has 0 spiro atoms. The summed E-state index contributed by atoms with van der Waals surface area (Å²) < 4.78 is 0.930. The molecule has 16 heavy (non-hydrogen) atoms. The van der Waals surface area contributed by atoms with Crippen LogP contribution in [0.1, 0.15) is 0 Å². The van der Waals surface area contributed by atoms with Crippen molar-refractivity contribution < 1.29 is 0 Å². The highest BCUT2D eigenvalue weighted by atomic mass is 35.5. The zero-order valence-electron chi connectivity index (χ0n) is 8.09. The summed E-state index contributed by atoms with van der Waals surface area (Å²) in [5, 5.41) is 2.47. The summed E-state index contributed by atoms with van der Waals surface area (Å²) in [7, 11) is 0. The van der Waals surface area contributed by atoms with Crippen LogP contribution in [0.25, 0.3) is 21.6 Å². The predicted molar refractivity (Wildman–Crippen MR) is 65.7 cm³/mol. The van der Waals surface area contributed by atoms with Crippen molar-refractivity contribution in [2.45, 2.75) is 0 Å². The molecular weight excluding hydrogens is 242 g/mol. The Kier molecular flexibility index (Phi) is 2.31. The summed E-state index contributed by atoms with van der Waals surface area (Å²) >= 11 is 7.65. The Morgan fingerprint density at radius 2 is 1.88 bits per heavy atom. The molecule has 0 radical (unpaired) electrons. The molecule has 0 aliphatic carbocycles. The summed E-state index contributed by atoms with van der Waals surface area (Å²) in [5.41, 5.74) is 1.81. The molecule has 0 saturated carbocycles. The highest BCUT2D eigenvalue weighted by molar-refractivity contribution is 7.17. The number of halogens is 1. The molecule has 3 nitrogen and oxygen atoms in total. The van der Waals surface area contributed by atoms with E-state index in [4.69, 9.17) is 11.6 Å². The van der Waals surface area contributed by atoms with Crippen molar-refractivity contribution in [3.63, 3.8) is 0 Å². The lowest BCUT2D eigenvalue weighted by molar-refractivity contribution is 1.22. The van der Waals surface area contributed by atoms with E-state index >= 15 is 0 Å². The van der Waals surface area contributed by atoms with Crippen molar-refractivity contribution in [2.75, 3.05) is 0 Å². The Hall–Kier alpha value is -1.52. The zero-order valence-corrected chi connectivity index (χ0v) is 9.66. The van der Waals surface area contributed by atoms with Crippen LogP contribution in [0.5, 0.6) is 0 Å². The van der Waals surface area contributed by atoms with Gasteiger partial charge < -0.3 is 0 Å². The van der Waals surface area contributed by atoms with Gasteiger partial charge in [0.05, 0.1) is 10.2 Å². The first-order chi connectivity index (χ1) is 7.84. The number of pyridine rings is 1. The fourth-order valence-electron chi connectivity index (χ4n) is 1.46. The van der Waals surface area contributed by atoms with Gasteiger partial charge in [0.2, 0.25) is 0 Å². The highest BCUT2D eigenvalue weighted by Crippen LogP contribution is 2.28. The summed E-state index contributed by atoms with van der Waals surface area (Å²) in [6.07, 6.45) is 3.43. The van der Waals surface area contributed by atoms with E-state index in [1.165, 1.54) is 0 Å². The first kappa shape index (κ1) is 9.69. The molecule has 3 rings (SSSR count). The van der Waals surface area contributed by atoms with Gasteiger partial charge >= 0.3 is 0 Å². The number of nitrogens with zero attached hydrogens (tertiary/aromatic N) is 3. The molecule has 0 aromatic carbocycles. The van der Waals surface area contributed by atoms with Gasteiger partial charge in [-0.1, -0.05) is 11.6 Å². The van der Waals surface area contributed by atoms with Crippen molar-refractivity contribution in [3.05, 3.63) is 41.1 Å².